The van der Waals surface area contributed by atoms with Gasteiger partial charge in [0.15, 0.2) is 14.5 Å². The first-order valence-corrected chi connectivity index (χ1v) is 11.1. The number of ketones is 1. The second-order valence-corrected chi connectivity index (χ2v) is 9.56. The van der Waals surface area contributed by atoms with E-state index in [0.717, 1.165) is 14.4 Å². The highest BCUT2D eigenvalue weighted by Crippen LogP contribution is 2.30. The van der Waals surface area contributed by atoms with Crippen molar-refractivity contribution >= 4 is 46.6 Å². The largest absolute Gasteiger partial charge is 0.462 e. The molecule has 0 bridgehead atoms. The number of carbonyl (C=O) groups excluding carboxylic acids is 2. The van der Waals surface area contributed by atoms with Crippen LogP contribution in [0.5, 0.6) is 0 Å². The summed E-state index contributed by atoms with van der Waals surface area (Å²) in [6.45, 7) is 9.91. The van der Waals surface area contributed by atoms with Gasteiger partial charge in [0.05, 0.1) is 23.6 Å². The second kappa shape index (κ2) is 9.57. The summed E-state index contributed by atoms with van der Waals surface area (Å²) in [6.07, 6.45) is 0. The summed E-state index contributed by atoms with van der Waals surface area (Å²) in [5.74, 6) is 1.36. The number of esters is 1. The zero-order valence-electron chi connectivity index (χ0n) is 15.5. The van der Waals surface area contributed by atoms with Crippen LogP contribution in [0.15, 0.2) is 8.68 Å². The van der Waals surface area contributed by atoms with E-state index in [1.807, 2.05) is 0 Å². The molecular weight excluding hydrogens is 390 g/mol. The Hall–Kier alpha value is -1.32. The van der Waals surface area contributed by atoms with Crippen molar-refractivity contribution in [2.24, 2.45) is 5.92 Å². The van der Waals surface area contributed by atoms with E-state index in [1.54, 1.807) is 32.5 Å². The molecule has 26 heavy (non-hydrogen) atoms. The molecule has 0 atom stereocenters. The van der Waals surface area contributed by atoms with Crippen LogP contribution in [0.25, 0.3) is 0 Å². The minimum atomic E-state index is -0.401. The highest BCUT2D eigenvalue weighted by molar-refractivity contribution is 8.03. The maximum Gasteiger partial charge on any atom is 0.340 e. The summed E-state index contributed by atoms with van der Waals surface area (Å²) in [7, 11) is 0. The third kappa shape index (κ3) is 5.34. The molecule has 0 aliphatic rings. The summed E-state index contributed by atoms with van der Waals surface area (Å²) in [6, 6.07) is 0. The molecule has 1 N–H and O–H groups in total. The minimum Gasteiger partial charge on any atom is -0.462 e. The lowest BCUT2D eigenvalue weighted by molar-refractivity contribution is 0.0525. The summed E-state index contributed by atoms with van der Waals surface area (Å²) < 4.78 is 6.76. The average molecular weight is 414 g/mol. The zero-order chi connectivity index (χ0) is 19.3. The molecule has 0 saturated carbocycles. The number of aromatic amines is 1. The molecule has 2 aromatic heterocycles. The Balaban J connectivity index is 2.00. The van der Waals surface area contributed by atoms with Gasteiger partial charge in [0.25, 0.3) is 0 Å². The summed E-state index contributed by atoms with van der Waals surface area (Å²) in [4.78, 5) is 27.6. The summed E-state index contributed by atoms with van der Waals surface area (Å²) >= 11 is 4.55. The number of carbonyl (C=O) groups is 2. The van der Waals surface area contributed by atoms with Gasteiger partial charge in [0.2, 0.25) is 0 Å². The smallest absolute Gasteiger partial charge is 0.340 e. The van der Waals surface area contributed by atoms with Gasteiger partial charge in [-0.15, -0.1) is 10.2 Å². The highest BCUT2D eigenvalue weighted by atomic mass is 32.2. The minimum absolute atomic E-state index is 0.0715. The fourth-order valence-corrected chi connectivity index (χ4v) is 5.16. The number of Topliss-reactive ketones (excluding diaryl/α,β-unsaturated/α-hetero) is 1. The van der Waals surface area contributed by atoms with E-state index in [1.165, 1.54) is 23.1 Å². The quantitative estimate of drug-likeness (QED) is 0.371. The number of thioether (sulfide) groups is 2. The van der Waals surface area contributed by atoms with E-state index in [2.05, 4.69) is 29.0 Å². The van der Waals surface area contributed by atoms with Gasteiger partial charge < -0.3 is 9.72 Å². The summed E-state index contributed by atoms with van der Waals surface area (Å²) in [5, 5.41) is 8.28. The van der Waals surface area contributed by atoms with Crippen LogP contribution in [0.2, 0.25) is 0 Å². The normalized spacial score (nSPS) is 11.2. The van der Waals surface area contributed by atoms with Crippen molar-refractivity contribution in [3.8, 4) is 0 Å². The third-order valence-electron chi connectivity index (χ3n) is 3.45. The van der Waals surface area contributed by atoms with Crippen LogP contribution in [0.1, 0.15) is 52.9 Å². The van der Waals surface area contributed by atoms with Crippen molar-refractivity contribution in [3.05, 3.63) is 22.5 Å². The number of nitrogens with one attached hydrogen (secondary N) is 1. The van der Waals surface area contributed by atoms with Crippen LogP contribution < -0.4 is 0 Å². The molecule has 2 rings (SSSR count). The van der Waals surface area contributed by atoms with Crippen LogP contribution >= 0.6 is 34.9 Å². The third-order valence-corrected chi connectivity index (χ3v) is 7.07. The second-order valence-electron chi connectivity index (χ2n) is 6.10. The Bertz CT molecular complexity index is 784. The van der Waals surface area contributed by atoms with Crippen LogP contribution in [0, 0.1) is 19.8 Å². The number of H-pyrrole nitrogens is 1. The van der Waals surface area contributed by atoms with Crippen molar-refractivity contribution < 1.29 is 14.3 Å². The van der Waals surface area contributed by atoms with Gasteiger partial charge in [-0.05, 0) is 32.3 Å². The Morgan fingerprint density at radius 1 is 1.19 bits per heavy atom. The van der Waals surface area contributed by atoms with Gasteiger partial charge in [-0.2, -0.15) is 0 Å². The number of ether oxygens (including phenoxy) is 1. The standard InChI is InChI=1S/C17H23N3O3S3/c1-6-23-15(22)13-10(4)14(18-11(13)5)12(21)8-25-17-20-19-16(26-17)24-7-9(2)3/h9,18H,6-8H2,1-5H3. The SMILES string of the molecule is CCOC(=O)c1c(C)[nH]c(C(=O)CSc2nnc(SCC(C)C)s2)c1C. The Morgan fingerprint density at radius 2 is 1.85 bits per heavy atom. The first-order chi connectivity index (χ1) is 12.3. The molecule has 0 unspecified atom stereocenters. The number of rotatable bonds is 9. The lowest BCUT2D eigenvalue weighted by Crippen LogP contribution is -2.08. The first kappa shape index (κ1) is 21.0. The maximum absolute atomic E-state index is 12.6. The van der Waals surface area contributed by atoms with Crippen LogP contribution in [-0.2, 0) is 4.74 Å². The molecule has 142 valence electrons. The van der Waals surface area contributed by atoms with Crippen molar-refractivity contribution in [1.29, 1.82) is 0 Å². The number of aromatic nitrogens is 3. The molecule has 2 heterocycles. The van der Waals surface area contributed by atoms with Crippen molar-refractivity contribution in [1.82, 2.24) is 15.2 Å². The number of aryl methyl sites for hydroxylation is 1. The predicted octanol–water partition coefficient (Wildman–Crippen LogP) is 4.38. The van der Waals surface area contributed by atoms with Crippen molar-refractivity contribution in [3.63, 3.8) is 0 Å². The Morgan fingerprint density at radius 3 is 2.46 bits per heavy atom. The molecule has 0 aliphatic heterocycles. The molecule has 0 aromatic carbocycles. The molecule has 0 fully saturated rings. The predicted molar refractivity (Wildman–Crippen MR) is 107 cm³/mol. The van der Waals surface area contributed by atoms with Crippen molar-refractivity contribution in [2.45, 2.75) is 43.3 Å². The molecule has 9 heteroatoms. The van der Waals surface area contributed by atoms with Gasteiger partial charge in [0, 0.05) is 11.4 Å². The van der Waals surface area contributed by atoms with E-state index in [-0.39, 0.29) is 11.5 Å². The monoisotopic (exact) mass is 413 g/mol. The van der Waals surface area contributed by atoms with E-state index in [4.69, 9.17) is 4.74 Å². The van der Waals surface area contributed by atoms with E-state index in [9.17, 15) is 9.59 Å². The maximum atomic E-state index is 12.6. The van der Waals surface area contributed by atoms with Gasteiger partial charge in [-0.3, -0.25) is 4.79 Å². The average Bonchev–Trinajstić information content (AvgIpc) is 3.15. The molecular formula is C17H23N3O3S3. The molecule has 0 saturated heterocycles. The molecule has 0 spiro atoms. The van der Waals surface area contributed by atoms with Crippen LogP contribution in [0.4, 0.5) is 0 Å². The first-order valence-electron chi connectivity index (χ1n) is 8.32. The fourth-order valence-electron chi connectivity index (χ4n) is 2.29. The van der Waals surface area contributed by atoms with E-state index >= 15 is 0 Å². The van der Waals surface area contributed by atoms with Gasteiger partial charge in [-0.1, -0.05) is 48.7 Å². The Kier molecular flexibility index (Phi) is 7.72. The van der Waals surface area contributed by atoms with E-state index in [0.29, 0.717) is 35.0 Å². The molecule has 0 amide bonds. The van der Waals surface area contributed by atoms with Gasteiger partial charge in [0.1, 0.15) is 0 Å². The fraction of sp³-hybridized carbons (Fsp3) is 0.529. The lowest BCUT2D eigenvalue weighted by atomic mass is 10.1. The number of hydrogen-bond donors (Lipinski definition) is 1. The van der Waals surface area contributed by atoms with Crippen LogP contribution in [-0.4, -0.2) is 45.0 Å². The molecule has 2 aromatic rings. The van der Waals surface area contributed by atoms with Crippen molar-refractivity contribution in [2.75, 3.05) is 18.1 Å². The summed E-state index contributed by atoms with van der Waals surface area (Å²) in [5.41, 5.74) is 2.19. The molecule has 0 aliphatic carbocycles. The zero-order valence-corrected chi connectivity index (χ0v) is 18.0. The van der Waals surface area contributed by atoms with Gasteiger partial charge in [-0.25, -0.2) is 4.79 Å². The number of nitrogens with zero attached hydrogens (tertiary/aromatic N) is 2. The van der Waals surface area contributed by atoms with Gasteiger partial charge >= 0.3 is 5.97 Å². The molecule has 0 radical (unpaired) electrons. The lowest BCUT2D eigenvalue weighted by Gasteiger charge is -2.02. The van der Waals surface area contributed by atoms with E-state index < -0.39 is 5.97 Å². The topological polar surface area (TPSA) is 84.9 Å². The Labute approximate surface area is 165 Å². The van der Waals surface area contributed by atoms with Crippen LogP contribution in [0.3, 0.4) is 0 Å². The number of hydrogen-bond acceptors (Lipinski definition) is 8. The molecule has 6 nitrogen and oxygen atoms in total. The highest BCUT2D eigenvalue weighted by Gasteiger charge is 2.23.